The van der Waals surface area contributed by atoms with E-state index in [-0.39, 0.29) is 12.0 Å². The van der Waals surface area contributed by atoms with Crippen LogP contribution in [0.15, 0.2) is 24.3 Å². The number of benzene rings is 1. The first-order chi connectivity index (χ1) is 10.1. The Labute approximate surface area is 123 Å². The minimum atomic E-state index is -0.701. The Bertz CT molecular complexity index is 495. The van der Waals surface area contributed by atoms with Crippen LogP contribution in [-0.4, -0.2) is 37.2 Å². The number of hydrogen-bond donors (Lipinski definition) is 2. The normalized spacial score (nSPS) is 19.0. The average Bonchev–Trinajstić information content (AvgIpc) is 2.98. The van der Waals surface area contributed by atoms with Gasteiger partial charge in [0.15, 0.2) is 0 Å². The molecule has 6 nitrogen and oxygen atoms in total. The van der Waals surface area contributed by atoms with Crippen molar-refractivity contribution in [1.82, 2.24) is 5.32 Å². The molecule has 2 atom stereocenters. The SMILES string of the molecule is CC(NC(=O)c1ccc(OCC2CCCO2)cc1)C(N)=O. The number of nitrogens with two attached hydrogens (primary N) is 1. The smallest absolute Gasteiger partial charge is 0.251 e. The molecule has 1 aromatic carbocycles. The molecule has 0 aliphatic carbocycles. The Balaban J connectivity index is 1.85. The number of carbonyl (C=O) groups excluding carboxylic acids is 2. The first-order valence-corrected chi connectivity index (χ1v) is 7.01. The summed E-state index contributed by atoms with van der Waals surface area (Å²) in [5.41, 5.74) is 5.55. The van der Waals surface area contributed by atoms with Gasteiger partial charge >= 0.3 is 0 Å². The van der Waals surface area contributed by atoms with E-state index in [0.29, 0.717) is 17.9 Å². The lowest BCUT2D eigenvalue weighted by atomic mass is 10.2. The number of amides is 2. The van der Waals surface area contributed by atoms with Crippen molar-refractivity contribution < 1.29 is 19.1 Å². The van der Waals surface area contributed by atoms with E-state index in [9.17, 15) is 9.59 Å². The molecule has 1 fully saturated rings. The second kappa shape index (κ2) is 7.08. The summed E-state index contributed by atoms with van der Waals surface area (Å²) in [4.78, 5) is 22.8. The maximum Gasteiger partial charge on any atom is 0.251 e. The standard InChI is InChI=1S/C15H20N2O4/c1-10(14(16)18)17-15(19)11-4-6-12(7-5-11)21-9-13-3-2-8-20-13/h4-7,10,13H,2-3,8-9H2,1H3,(H2,16,18)(H,17,19). The second-order valence-corrected chi connectivity index (χ2v) is 5.07. The van der Waals surface area contributed by atoms with E-state index in [1.54, 1.807) is 31.2 Å². The molecule has 1 heterocycles. The van der Waals surface area contributed by atoms with Crippen LogP contribution in [0.1, 0.15) is 30.1 Å². The molecule has 2 rings (SSSR count). The Morgan fingerprint density at radius 2 is 2.14 bits per heavy atom. The van der Waals surface area contributed by atoms with E-state index in [2.05, 4.69) is 5.32 Å². The molecule has 1 aromatic rings. The van der Waals surface area contributed by atoms with Gasteiger partial charge in [-0.15, -0.1) is 0 Å². The highest BCUT2D eigenvalue weighted by atomic mass is 16.5. The molecule has 0 aromatic heterocycles. The zero-order valence-corrected chi connectivity index (χ0v) is 12.0. The highest BCUT2D eigenvalue weighted by molar-refractivity contribution is 5.97. The summed E-state index contributed by atoms with van der Waals surface area (Å²) in [5, 5.41) is 2.52. The van der Waals surface area contributed by atoms with E-state index in [1.807, 2.05) is 0 Å². The van der Waals surface area contributed by atoms with E-state index >= 15 is 0 Å². The summed E-state index contributed by atoms with van der Waals surface area (Å²) < 4.78 is 11.1. The molecular weight excluding hydrogens is 272 g/mol. The van der Waals surface area contributed by atoms with Crippen molar-refractivity contribution in [1.29, 1.82) is 0 Å². The van der Waals surface area contributed by atoms with Crippen molar-refractivity contribution in [3.63, 3.8) is 0 Å². The van der Waals surface area contributed by atoms with E-state index < -0.39 is 11.9 Å². The molecule has 1 aliphatic heterocycles. The van der Waals surface area contributed by atoms with Crippen molar-refractivity contribution >= 4 is 11.8 Å². The Morgan fingerprint density at radius 3 is 2.71 bits per heavy atom. The molecule has 0 radical (unpaired) electrons. The van der Waals surface area contributed by atoms with Crippen LogP contribution in [0.5, 0.6) is 5.75 Å². The van der Waals surface area contributed by atoms with Crippen molar-refractivity contribution in [2.75, 3.05) is 13.2 Å². The number of carbonyl (C=O) groups is 2. The van der Waals surface area contributed by atoms with Crippen molar-refractivity contribution in [2.24, 2.45) is 5.73 Å². The Kier molecular flexibility index (Phi) is 5.16. The van der Waals surface area contributed by atoms with Gasteiger partial charge in [0.2, 0.25) is 5.91 Å². The number of hydrogen-bond acceptors (Lipinski definition) is 4. The Morgan fingerprint density at radius 1 is 1.43 bits per heavy atom. The third-order valence-electron chi connectivity index (χ3n) is 3.35. The van der Waals surface area contributed by atoms with Gasteiger partial charge in [0, 0.05) is 12.2 Å². The van der Waals surface area contributed by atoms with Gasteiger partial charge in [-0.3, -0.25) is 9.59 Å². The van der Waals surface area contributed by atoms with E-state index in [0.717, 1.165) is 19.4 Å². The predicted octanol–water partition coefficient (Wildman–Crippen LogP) is 0.848. The van der Waals surface area contributed by atoms with Gasteiger partial charge in [-0.25, -0.2) is 0 Å². The summed E-state index contributed by atoms with van der Waals surface area (Å²) >= 11 is 0. The largest absolute Gasteiger partial charge is 0.491 e. The van der Waals surface area contributed by atoms with Crippen LogP contribution in [0.4, 0.5) is 0 Å². The van der Waals surface area contributed by atoms with Crippen LogP contribution in [0, 0.1) is 0 Å². The lowest BCUT2D eigenvalue weighted by Crippen LogP contribution is -2.42. The van der Waals surface area contributed by atoms with E-state index in [4.69, 9.17) is 15.2 Å². The zero-order chi connectivity index (χ0) is 15.2. The summed E-state index contributed by atoms with van der Waals surface area (Å²) in [6.07, 6.45) is 2.25. The predicted molar refractivity (Wildman–Crippen MR) is 77.0 cm³/mol. The summed E-state index contributed by atoms with van der Waals surface area (Å²) in [6.45, 7) is 2.86. The highest BCUT2D eigenvalue weighted by Gasteiger charge is 2.16. The maximum atomic E-state index is 11.9. The summed E-state index contributed by atoms with van der Waals surface area (Å²) in [6, 6.07) is 6.03. The summed E-state index contributed by atoms with van der Waals surface area (Å²) in [5.74, 6) is -0.225. The second-order valence-electron chi connectivity index (χ2n) is 5.07. The molecule has 1 saturated heterocycles. The van der Waals surface area contributed by atoms with Gasteiger partial charge in [0.1, 0.15) is 18.4 Å². The third-order valence-corrected chi connectivity index (χ3v) is 3.35. The van der Waals surface area contributed by atoms with Crippen LogP contribution in [0.25, 0.3) is 0 Å². The average molecular weight is 292 g/mol. The van der Waals surface area contributed by atoms with Crippen molar-refractivity contribution in [3.8, 4) is 5.75 Å². The highest BCUT2D eigenvalue weighted by Crippen LogP contribution is 2.16. The van der Waals surface area contributed by atoms with Crippen LogP contribution in [0.2, 0.25) is 0 Å². The fourth-order valence-corrected chi connectivity index (χ4v) is 2.02. The lowest BCUT2D eigenvalue weighted by Gasteiger charge is -2.12. The molecular formula is C15H20N2O4. The molecule has 2 amide bonds. The first-order valence-electron chi connectivity index (χ1n) is 7.01. The molecule has 6 heteroatoms. The fraction of sp³-hybridized carbons (Fsp3) is 0.467. The van der Waals surface area contributed by atoms with Crippen LogP contribution in [0.3, 0.4) is 0 Å². The van der Waals surface area contributed by atoms with Crippen LogP contribution >= 0.6 is 0 Å². The van der Waals surface area contributed by atoms with Gasteiger partial charge in [-0.2, -0.15) is 0 Å². The molecule has 3 N–H and O–H groups in total. The lowest BCUT2D eigenvalue weighted by molar-refractivity contribution is -0.119. The number of nitrogens with one attached hydrogen (secondary N) is 1. The minimum Gasteiger partial charge on any atom is -0.491 e. The van der Waals surface area contributed by atoms with Gasteiger partial charge in [-0.1, -0.05) is 0 Å². The minimum absolute atomic E-state index is 0.157. The van der Waals surface area contributed by atoms with Crippen molar-refractivity contribution in [3.05, 3.63) is 29.8 Å². The monoisotopic (exact) mass is 292 g/mol. The third kappa shape index (κ3) is 4.46. The van der Waals surface area contributed by atoms with Crippen LogP contribution < -0.4 is 15.8 Å². The van der Waals surface area contributed by atoms with Gasteiger partial charge in [0.05, 0.1) is 6.10 Å². The zero-order valence-electron chi connectivity index (χ0n) is 12.0. The molecule has 1 aliphatic rings. The molecule has 0 bridgehead atoms. The maximum absolute atomic E-state index is 11.9. The van der Waals surface area contributed by atoms with Crippen LogP contribution in [-0.2, 0) is 9.53 Å². The van der Waals surface area contributed by atoms with Crippen molar-refractivity contribution in [2.45, 2.75) is 31.9 Å². The molecule has 114 valence electrons. The summed E-state index contributed by atoms with van der Waals surface area (Å²) in [7, 11) is 0. The molecule has 0 saturated carbocycles. The van der Waals surface area contributed by atoms with Gasteiger partial charge in [-0.05, 0) is 44.0 Å². The van der Waals surface area contributed by atoms with Gasteiger partial charge in [0.25, 0.3) is 5.91 Å². The molecule has 0 spiro atoms. The first kappa shape index (κ1) is 15.3. The molecule has 2 unspecified atom stereocenters. The quantitative estimate of drug-likeness (QED) is 0.813. The van der Waals surface area contributed by atoms with Gasteiger partial charge < -0.3 is 20.5 Å². The Hall–Kier alpha value is -2.08. The number of primary amides is 1. The fourth-order valence-electron chi connectivity index (χ4n) is 2.02. The number of rotatable bonds is 6. The molecule has 21 heavy (non-hydrogen) atoms. The topological polar surface area (TPSA) is 90.7 Å². The van der Waals surface area contributed by atoms with E-state index in [1.165, 1.54) is 0 Å². The number of ether oxygens (including phenoxy) is 2.